The second-order valence-electron chi connectivity index (χ2n) is 7.87. The van der Waals surface area contributed by atoms with Crippen LogP contribution in [0.1, 0.15) is 38.1 Å². The fraction of sp³-hybridized carbons (Fsp3) is 0.364. The predicted octanol–water partition coefficient (Wildman–Crippen LogP) is 3.53. The number of aryl methyl sites for hydroxylation is 1. The van der Waals surface area contributed by atoms with Crippen molar-refractivity contribution in [2.45, 2.75) is 39.8 Å². The van der Waals surface area contributed by atoms with Crippen LogP contribution >= 0.6 is 0 Å². The van der Waals surface area contributed by atoms with Crippen LogP contribution in [0.3, 0.4) is 0 Å². The Bertz CT molecular complexity index is 1040. The van der Waals surface area contributed by atoms with E-state index in [1.807, 2.05) is 37.3 Å². The lowest BCUT2D eigenvalue weighted by Gasteiger charge is -2.22. The molecule has 0 saturated carbocycles. The number of amides is 1. The van der Waals surface area contributed by atoms with E-state index in [4.69, 9.17) is 9.72 Å². The van der Waals surface area contributed by atoms with E-state index in [2.05, 4.69) is 5.10 Å². The van der Waals surface area contributed by atoms with Crippen molar-refractivity contribution in [2.75, 3.05) is 13.6 Å². The first kappa shape index (κ1) is 20.5. The maximum Gasteiger partial charge on any atom is 0.326 e. The Labute approximate surface area is 170 Å². The highest BCUT2D eigenvalue weighted by Gasteiger charge is 2.23. The molecule has 2 heterocycles. The Morgan fingerprint density at radius 3 is 2.48 bits per heavy atom. The van der Waals surface area contributed by atoms with Crippen LogP contribution in [0.5, 0.6) is 0 Å². The fourth-order valence-corrected chi connectivity index (χ4v) is 3.06. The van der Waals surface area contributed by atoms with Crippen molar-refractivity contribution in [1.82, 2.24) is 19.7 Å². The Hall–Kier alpha value is -3.22. The van der Waals surface area contributed by atoms with E-state index in [-0.39, 0.29) is 12.5 Å². The van der Waals surface area contributed by atoms with Crippen LogP contribution < -0.4 is 0 Å². The van der Waals surface area contributed by atoms with Crippen LogP contribution in [0, 0.1) is 0 Å². The number of hydrogen-bond acceptors (Lipinski definition) is 5. The van der Waals surface area contributed by atoms with Gasteiger partial charge in [0.2, 0.25) is 0 Å². The second kappa shape index (κ2) is 8.03. The van der Waals surface area contributed by atoms with Crippen LogP contribution in [0.25, 0.3) is 22.3 Å². The molecule has 7 nitrogen and oxygen atoms in total. The quantitative estimate of drug-likeness (QED) is 0.619. The number of hydrogen-bond donors (Lipinski definition) is 0. The molecule has 0 atom stereocenters. The molecule has 29 heavy (non-hydrogen) atoms. The average molecular weight is 394 g/mol. The number of pyridine rings is 1. The monoisotopic (exact) mass is 394 g/mol. The Balaban J connectivity index is 2.00. The van der Waals surface area contributed by atoms with Gasteiger partial charge in [-0.15, -0.1) is 0 Å². The molecular weight excluding hydrogens is 368 g/mol. The molecule has 3 rings (SSSR count). The van der Waals surface area contributed by atoms with Crippen LogP contribution in [0.15, 0.2) is 42.6 Å². The summed E-state index contributed by atoms with van der Waals surface area (Å²) in [6.45, 7) is 7.86. The zero-order chi connectivity index (χ0) is 21.2. The van der Waals surface area contributed by atoms with Gasteiger partial charge >= 0.3 is 5.97 Å². The number of carbonyl (C=O) groups is 2. The largest absolute Gasteiger partial charge is 0.459 e. The SMILES string of the molecule is CCn1ncc2c(C(=O)N(C)CC(=O)OC(C)(C)C)cc(-c3ccccc3)nc21. The van der Waals surface area contributed by atoms with Gasteiger partial charge in [0.1, 0.15) is 12.1 Å². The van der Waals surface area contributed by atoms with Gasteiger partial charge in [-0.25, -0.2) is 9.67 Å². The lowest BCUT2D eigenvalue weighted by atomic mass is 10.1. The number of aromatic nitrogens is 3. The van der Waals surface area contributed by atoms with Crippen molar-refractivity contribution in [3.63, 3.8) is 0 Å². The average Bonchev–Trinajstić information content (AvgIpc) is 3.08. The van der Waals surface area contributed by atoms with Crippen LogP contribution in [0.4, 0.5) is 0 Å². The summed E-state index contributed by atoms with van der Waals surface area (Å²) in [5.74, 6) is -0.734. The van der Waals surface area contributed by atoms with Gasteiger partial charge in [-0.2, -0.15) is 5.10 Å². The highest BCUT2D eigenvalue weighted by atomic mass is 16.6. The van der Waals surface area contributed by atoms with Crippen LogP contribution in [0.2, 0.25) is 0 Å². The molecule has 0 aliphatic rings. The van der Waals surface area contributed by atoms with Gasteiger partial charge in [0.15, 0.2) is 5.65 Å². The first-order valence-electron chi connectivity index (χ1n) is 9.59. The third-order valence-electron chi connectivity index (χ3n) is 4.34. The normalized spacial score (nSPS) is 11.5. The van der Waals surface area contributed by atoms with E-state index in [1.165, 1.54) is 4.90 Å². The molecule has 0 aliphatic heterocycles. The fourth-order valence-electron chi connectivity index (χ4n) is 3.06. The molecule has 7 heteroatoms. The van der Waals surface area contributed by atoms with Crippen molar-refractivity contribution in [2.24, 2.45) is 0 Å². The van der Waals surface area contributed by atoms with Crippen molar-refractivity contribution in [1.29, 1.82) is 0 Å². The number of esters is 1. The smallest absolute Gasteiger partial charge is 0.326 e. The summed E-state index contributed by atoms with van der Waals surface area (Å²) in [6.07, 6.45) is 1.65. The van der Waals surface area contributed by atoms with E-state index in [9.17, 15) is 9.59 Å². The van der Waals surface area contributed by atoms with E-state index in [1.54, 1.807) is 44.8 Å². The maximum absolute atomic E-state index is 13.2. The summed E-state index contributed by atoms with van der Waals surface area (Å²) in [5.41, 5.74) is 2.08. The van der Waals surface area contributed by atoms with Gasteiger partial charge in [-0.1, -0.05) is 30.3 Å². The Kier molecular flexibility index (Phi) is 5.68. The lowest BCUT2D eigenvalue weighted by molar-refractivity contribution is -0.155. The number of nitrogens with zero attached hydrogens (tertiary/aromatic N) is 4. The first-order chi connectivity index (χ1) is 13.7. The second-order valence-corrected chi connectivity index (χ2v) is 7.87. The van der Waals surface area contributed by atoms with Gasteiger partial charge in [0.25, 0.3) is 5.91 Å². The molecule has 0 N–H and O–H groups in total. The van der Waals surface area contributed by atoms with E-state index >= 15 is 0 Å². The van der Waals surface area contributed by atoms with Gasteiger partial charge in [0, 0.05) is 19.2 Å². The summed E-state index contributed by atoms with van der Waals surface area (Å²) in [5, 5.41) is 5.01. The molecule has 2 aromatic heterocycles. The number of rotatable bonds is 5. The molecule has 0 saturated heterocycles. The number of benzene rings is 1. The third kappa shape index (κ3) is 4.62. The molecule has 3 aromatic rings. The summed E-state index contributed by atoms with van der Waals surface area (Å²) >= 11 is 0. The third-order valence-corrected chi connectivity index (χ3v) is 4.34. The number of likely N-dealkylation sites (N-methyl/N-ethyl adjacent to an activating group) is 1. The summed E-state index contributed by atoms with van der Waals surface area (Å²) in [7, 11) is 1.59. The molecular formula is C22H26N4O3. The Morgan fingerprint density at radius 1 is 1.17 bits per heavy atom. The molecule has 0 radical (unpaired) electrons. The van der Waals surface area contributed by atoms with Crippen LogP contribution in [-0.4, -0.2) is 50.7 Å². The molecule has 0 bridgehead atoms. The van der Waals surface area contributed by atoms with Gasteiger partial charge in [-0.05, 0) is 33.8 Å². The zero-order valence-corrected chi connectivity index (χ0v) is 17.5. The summed E-state index contributed by atoms with van der Waals surface area (Å²) in [6, 6.07) is 11.4. The lowest BCUT2D eigenvalue weighted by Crippen LogP contribution is -2.36. The highest BCUT2D eigenvalue weighted by molar-refractivity contribution is 6.07. The number of carbonyl (C=O) groups excluding carboxylic acids is 2. The minimum Gasteiger partial charge on any atom is -0.459 e. The van der Waals surface area contributed by atoms with Gasteiger partial charge in [-0.3, -0.25) is 9.59 Å². The number of ether oxygens (including phenoxy) is 1. The molecule has 152 valence electrons. The minimum absolute atomic E-state index is 0.136. The first-order valence-corrected chi connectivity index (χ1v) is 9.59. The molecule has 1 aromatic carbocycles. The van der Waals surface area contributed by atoms with E-state index in [0.29, 0.717) is 28.8 Å². The van der Waals surface area contributed by atoms with E-state index < -0.39 is 11.6 Å². The zero-order valence-electron chi connectivity index (χ0n) is 17.5. The van der Waals surface area contributed by atoms with Gasteiger partial charge < -0.3 is 9.64 Å². The predicted molar refractivity (Wildman–Crippen MR) is 111 cm³/mol. The molecule has 0 aliphatic carbocycles. The highest BCUT2D eigenvalue weighted by Crippen LogP contribution is 2.25. The van der Waals surface area contributed by atoms with Crippen molar-refractivity contribution < 1.29 is 14.3 Å². The standard InChI is InChI=1S/C22H26N4O3/c1-6-26-20-17(13-23-26)16(12-18(24-20)15-10-8-7-9-11-15)21(28)25(5)14-19(27)29-22(2,3)4/h7-13H,6,14H2,1-5H3. The molecule has 0 spiro atoms. The van der Waals surface area contributed by atoms with Crippen molar-refractivity contribution >= 4 is 22.9 Å². The molecule has 1 amide bonds. The Morgan fingerprint density at radius 2 is 1.86 bits per heavy atom. The topological polar surface area (TPSA) is 77.3 Å². The van der Waals surface area contributed by atoms with Crippen LogP contribution in [-0.2, 0) is 16.1 Å². The maximum atomic E-state index is 13.2. The van der Waals surface area contributed by atoms with Crippen molar-refractivity contribution in [3.8, 4) is 11.3 Å². The number of fused-ring (bicyclic) bond motifs is 1. The molecule has 0 unspecified atom stereocenters. The van der Waals surface area contributed by atoms with E-state index in [0.717, 1.165) is 5.56 Å². The minimum atomic E-state index is -0.604. The molecule has 0 fully saturated rings. The summed E-state index contributed by atoms with van der Waals surface area (Å²) < 4.78 is 7.09. The van der Waals surface area contributed by atoms with Gasteiger partial charge in [0.05, 0.1) is 22.8 Å². The van der Waals surface area contributed by atoms with Crippen molar-refractivity contribution in [3.05, 3.63) is 48.2 Å². The summed E-state index contributed by atoms with van der Waals surface area (Å²) in [4.78, 5) is 31.4.